The van der Waals surface area contributed by atoms with E-state index >= 15 is 0 Å². The molecule has 12 heteroatoms. The van der Waals surface area contributed by atoms with Gasteiger partial charge in [0.2, 0.25) is 35.4 Å². The normalized spacial score (nSPS) is 21.5. The van der Waals surface area contributed by atoms with E-state index in [9.17, 15) is 28.8 Å². The molecule has 0 unspecified atom stereocenters. The minimum atomic E-state index is -0.961. The summed E-state index contributed by atoms with van der Waals surface area (Å²) in [6, 6.07) is 14.9. The molecule has 2 aliphatic carbocycles. The maximum absolute atomic E-state index is 13.7. The van der Waals surface area contributed by atoms with Gasteiger partial charge in [-0.25, -0.2) is 0 Å². The number of anilines is 1. The Balaban J connectivity index is 1.25. The fourth-order valence-electron chi connectivity index (χ4n) is 8.03. The molecule has 0 aromatic heterocycles. The number of hydrogen-bond donors (Lipinski definition) is 6. The first-order chi connectivity index (χ1) is 25.7. The fourth-order valence-corrected chi connectivity index (χ4v) is 8.03. The Bertz CT molecular complexity index is 1550. The molecule has 0 radical (unpaired) electrons. The quantitative estimate of drug-likeness (QED) is 0.241. The highest BCUT2D eigenvalue weighted by Gasteiger charge is 2.39. The number of hydrogen-bond acceptors (Lipinski definition) is 6. The predicted octanol–water partition coefficient (Wildman–Crippen LogP) is 3.83. The van der Waals surface area contributed by atoms with Gasteiger partial charge in [0.05, 0.1) is 13.0 Å². The van der Waals surface area contributed by atoms with Crippen LogP contribution in [-0.2, 0) is 41.6 Å². The third-order valence-electron chi connectivity index (χ3n) is 10.9. The lowest BCUT2D eigenvalue weighted by molar-refractivity contribution is -0.132. The topological polar surface area (TPSA) is 175 Å². The van der Waals surface area contributed by atoms with Crippen LogP contribution in [0.5, 0.6) is 0 Å². The minimum Gasteiger partial charge on any atom is -0.356 e. The van der Waals surface area contributed by atoms with Gasteiger partial charge in [0.1, 0.15) is 12.1 Å². The maximum Gasteiger partial charge on any atom is 0.247 e. The van der Waals surface area contributed by atoms with Crippen LogP contribution in [0.25, 0.3) is 0 Å². The Morgan fingerprint density at radius 2 is 1.34 bits per heavy atom. The van der Waals surface area contributed by atoms with Crippen LogP contribution in [0.4, 0.5) is 5.69 Å². The molecule has 1 aliphatic heterocycles. The number of nitrogens with one attached hydrogen (secondary N) is 6. The van der Waals surface area contributed by atoms with Crippen LogP contribution in [0.15, 0.2) is 54.6 Å². The Morgan fingerprint density at radius 1 is 0.698 bits per heavy atom. The van der Waals surface area contributed by atoms with Gasteiger partial charge in [-0.15, -0.1) is 0 Å². The molecular formula is C41H56N6O6. The molecule has 0 bridgehead atoms. The van der Waals surface area contributed by atoms with Crippen molar-refractivity contribution in [3.8, 4) is 0 Å². The zero-order chi connectivity index (χ0) is 37.5. The summed E-state index contributed by atoms with van der Waals surface area (Å²) in [7, 11) is 0. The maximum atomic E-state index is 13.7. The first-order valence-electron chi connectivity index (χ1n) is 19.5. The van der Waals surface area contributed by atoms with Crippen LogP contribution in [0.3, 0.4) is 0 Å². The van der Waals surface area contributed by atoms with Crippen molar-refractivity contribution < 1.29 is 28.8 Å². The molecule has 2 saturated carbocycles. The van der Waals surface area contributed by atoms with Crippen molar-refractivity contribution >= 4 is 41.1 Å². The highest BCUT2D eigenvalue weighted by atomic mass is 16.2. The van der Waals surface area contributed by atoms with Gasteiger partial charge in [-0.05, 0) is 79.5 Å². The highest BCUT2D eigenvalue weighted by Crippen LogP contribution is 2.44. The van der Waals surface area contributed by atoms with E-state index in [4.69, 9.17) is 0 Å². The Labute approximate surface area is 312 Å². The fraction of sp³-hybridized carbons (Fsp3) is 0.561. The van der Waals surface area contributed by atoms with Gasteiger partial charge in [-0.2, -0.15) is 0 Å². The minimum absolute atomic E-state index is 0.0437. The van der Waals surface area contributed by atoms with Gasteiger partial charge in [0, 0.05) is 38.0 Å². The molecule has 53 heavy (non-hydrogen) atoms. The average molecular weight is 729 g/mol. The zero-order valence-corrected chi connectivity index (χ0v) is 30.8. The smallest absolute Gasteiger partial charge is 0.247 e. The summed E-state index contributed by atoms with van der Waals surface area (Å²) in [6.45, 7) is 0.818. The molecule has 3 aliphatic rings. The SMILES string of the molecule is O=C1CNC(=O)[C@@H](Cc2ccc(NC(=O)[C@@H](NC(=O)Cc3ccccc3)C3CCCCC3)cc2)NC(=O)CC2(CCCC2)CC(=O)NCCCCCN1. The van der Waals surface area contributed by atoms with Crippen LogP contribution in [-0.4, -0.2) is 67.2 Å². The van der Waals surface area contributed by atoms with E-state index in [1.54, 1.807) is 24.3 Å². The second-order valence-corrected chi connectivity index (χ2v) is 15.2. The Hall–Kier alpha value is -4.74. The van der Waals surface area contributed by atoms with Gasteiger partial charge in [-0.3, -0.25) is 28.8 Å². The summed E-state index contributed by atoms with van der Waals surface area (Å²) in [4.78, 5) is 79.0. The van der Waals surface area contributed by atoms with Crippen molar-refractivity contribution in [1.29, 1.82) is 0 Å². The molecular weight excluding hydrogens is 672 g/mol. The summed E-state index contributed by atoms with van der Waals surface area (Å²) < 4.78 is 0. The van der Waals surface area contributed by atoms with Gasteiger partial charge >= 0.3 is 0 Å². The Kier molecular flexibility index (Phi) is 14.8. The lowest BCUT2D eigenvalue weighted by Gasteiger charge is -2.30. The van der Waals surface area contributed by atoms with Crippen LogP contribution < -0.4 is 31.9 Å². The number of rotatable bonds is 8. The van der Waals surface area contributed by atoms with Crippen molar-refractivity contribution in [3.63, 3.8) is 0 Å². The lowest BCUT2D eigenvalue weighted by atomic mass is 9.78. The highest BCUT2D eigenvalue weighted by molar-refractivity contribution is 5.97. The largest absolute Gasteiger partial charge is 0.356 e. The molecule has 3 fully saturated rings. The van der Waals surface area contributed by atoms with Crippen LogP contribution in [0, 0.1) is 11.3 Å². The van der Waals surface area contributed by atoms with E-state index in [2.05, 4.69) is 31.9 Å². The molecule has 6 N–H and O–H groups in total. The average Bonchev–Trinajstić information content (AvgIpc) is 3.60. The van der Waals surface area contributed by atoms with Crippen LogP contribution in [0.1, 0.15) is 101 Å². The molecule has 12 nitrogen and oxygen atoms in total. The van der Waals surface area contributed by atoms with Gasteiger partial charge in [0.25, 0.3) is 0 Å². The van der Waals surface area contributed by atoms with Crippen LogP contribution >= 0.6 is 0 Å². The number of amides is 6. The van der Waals surface area contributed by atoms with Crippen molar-refractivity contribution in [1.82, 2.24) is 26.6 Å². The molecule has 1 saturated heterocycles. The Morgan fingerprint density at radius 3 is 2.04 bits per heavy atom. The second-order valence-electron chi connectivity index (χ2n) is 15.2. The molecule has 286 valence electrons. The first-order valence-corrected chi connectivity index (χ1v) is 19.5. The summed E-state index contributed by atoms with van der Waals surface area (Å²) in [5, 5.41) is 17.4. The summed E-state index contributed by atoms with van der Waals surface area (Å²) in [6.07, 6.45) is 11.5. The van der Waals surface area contributed by atoms with E-state index in [1.165, 1.54) is 0 Å². The number of carbonyl (C=O) groups excluding carboxylic acids is 6. The third-order valence-corrected chi connectivity index (χ3v) is 10.9. The van der Waals surface area contributed by atoms with E-state index in [1.807, 2.05) is 30.3 Å². The van der Waals surface area contributed by atoms with E-state index in [-0.39, 0.29) is 67.7 Å². The van der Waals surface area contributed by atoms with Crippen molar-refractivity contribution in [2.45, 2.75) is 115 Å². The zero-order valence-electron chi connectivity index (χ0n) is 30.8. The van der Waals surface area contributed by atoms with E-state index in [0.29, 0.717) is 18.8 Å². The van der Waals surface area contributed by atoms with Gasteiger partial charge in [-0.1, -0.05) is 74.6 Å². The monoisotopic (exact) mass is 728 g/mol. The molecule has 5 rings (SSSR count). The molecule has 2 aromatic carbocycles. The van der Waals surface area contributed by atoms with Crippen LogP contribution in [0.2, 0.25) is 0 Å². The number of benzene rings is 2. The second kappa shape index (κ2) is 19.9. The third kappa shape index (κ3) is 12.7. The van der Waals surface area contributed by atoms with E-state index in [0.717, 1.165) is 88.2 Å². The molecule has 2 atom stereocenters. The van der Waals surface area contributed by atoms with Crippen molar-refractivity contribution in [2.75, 3.05) is 25.0 Å². The van der Waals surface area contributed by atoms with Gasteiger partial charge < -0.3 is 31.9 Å². The summed E-state index contributed by atoms with van der Waals surface area (Å²) in [5.74, 6) is -1.58. The molecule has 1 spiro atoms. The lowest BCUT2D eigenvalue weighted by Crippen LogP contribution is -2.51. The van der Waals surface area contributed by atoms with Crippen molar-refractivity contribution in [2.24, 2.45) is 11.3 Å². The van der Waals surface area contributed by atoms with E-state index < -0.39 is 23.4 Å². The molecule has 6 amide bonds. The molecule has 2 aromatic rings. The summed E-state index contributed by atoms with van der Waals surface area (Å²) in [5.41, 5.74) is 1.72. The first kappa shape index (κ1) is 39.5. The number of carbonyl (C=O) groups is 6. The summed E-state index contributed by atoms with van der Waals surface area (Å²) >= 11 is 0. The molecule has 1 heterocycles. The van der Waals surface area contributed by atoms with Gasteiger partial charge in [0.15, 0.2) is 0 Å². The predicted molar refractivity (Wildman–Crippen MR) is 202 cm³/mol. The standard InChI is InChI=1S/C41H56N6O6/c48-34(25-29-12-4-1-5-13-29)47-38(31-14-6-2-7-15-31)40(53)45-32-18-16-30(17-19-32)24-33-39(52)44-28-37(51)43-23-11-3-10-22-42-35(49)26-41(20-8-9-21-41)27-36(50)46-33/h1,4-5,12-13,16-19,31,33,38H,2-3,6-11,14-15,20-28H2,(H,42,49)(H,43,51)(H,44,52)(H,45,53)(H,46,50)(H,47,48)/t33-,38+/m1/s1. The van der Waals surface area contributed by atoms with Crippen molar-refractivity contribution in [3.05, 3.63) is 65.7 Å².